The minimum Gasteiger partial charge on any atom is -0.346 e. The molecule has 2 nitrogen and oxygen atoms in total. The van der Waals surface area contributed by atoms with Crippen LogP contribution in [0.3, 0.4) is 0 Å². The summed E-state index contributed by atoms with van der Waals surface area (Å²) in [7, 11) is 0. The molecular weight excluding hydrogens is 196 g/mol. The molecule has 0 aliphatic rings. The molecule has 2 aromatic heterocycles. The van der Waals surface area contributed by atoms with Gasteiger partial charge in [-0.15, -0.1) is 0 Å². The fraction of sp³-hybridized carbons (Fsp3) is 0.0714. The van der Waals surface area contributed by atoms with Crippen LogP contribution >= 0.6 is 0 Å². The molecule has 0 atom stereocenters. The van der Waals surface area contributed by atoms with Crippen molar-refractivity contribution in [1.29, 1.82) is 0 Å². The van der Waals surface area contributed by atoms with Crippen LogP contribution in [0.4, 0.5) is 0 Å². The molecule has 0 saturated heterocycles. The van der Waals surface area contributed by atoms with E-state index in [9.17, 15) is 0 Å². The van der Waals surface area contributed by atoms with E-state index in [0.717, 1.165) is 11.0 Å². The Bertz CT molecular complexity index is 638. The van der Waals surface area contributed by atoms with Crippen LogP contribution in [-0.2, 0) is 0 Å². The summed E-state index contributed by atoms with van der Waals surface area (Å²) < 4.78 is 0. The van der Waals surface area contributed by atoms with Crippen molar-refractivity contribution in [3.63, 3.8) is 0 Å². The van der Waals surface area contributed by atoms with Crippen molar-refractivity contribution >= 4 is 11.0 Å². The molecule has 0 aliphatic carbocycles. The van der Waals surface area contributed by atoms with Gasteiger partial charge < -0.3 is 4.98 Å². The highest BCUT2D eigenvalue weighted by atomic mass is 14.8. The van der Waals surface area contributed by atoms with Gasteiger partial charge in [-0.1, -0.05) is 24.3 Å². The zero-order valence-corrected chi connectivity index (χ0v) is 9.07. The molecule has 2 heteroatoms. The number of benzene rings is 1. The van der Waals surface area contributed by atoms with E-state index in [-0.39, 0.29) is 0 Å². The molecule has 0 unspecified atom stereocenters. The van der Waals surface area contributed by atoms with Gasteiger partial charge >= 0.3 is 0 Å². The first kappa shape index (κ1) is 9.16. The second kappa shape index (κ2) is 3.49. The summed E-state index contributed by atoms with van der Waals surface area (Å²) in [5.74, 6) is 0. The number of fused-ring (bicyclic) bond motifs is 1. The lowest BCUT2D eigenvalue weighted by molar-refractivity contribution is 1.32. The molecule has 16 heavy (non-hydrogen) atoms. The topological polar surface area (TPSA) is 28.7 Å². The number of hydrogen-bond donors (Lipinski definition) is 1. The summed E-state index contributed by atoms with van der Waals surface area (Å²) in [6, 6.07) is 12.6. The normalized spacial score (nSPS) is 10.8. The van der Waals surface area contributed by atoms with Gasteiger partial charge in [-0.25, -0.2) is 4.98 Å². The van der Waals surface area contributed by atoms with Crippen molar-refractivity contribution in [1.82, 2.24) is 9.97 Å². The zero-order valence-electron chi connectivity index (χ0n) is 9.07. The van der Waals surface area contributed by atoms with Gasteiger partial charge in [0, 0.05) is 23.3 Å². The zero-order chi connectivity index (χ0) is 11.0. The van der Waals surface area contributed by atoms with Gasteiger partial charge in [-0.2, -0.15) is 0 Å². The maximum atomic E-state index is 4.40. The van der Waals surface area contributed by atoms with Crippen LogP contribution in [0.1, 0.15) is 5.56 Å². The highest BCUT2D eigenvalue weighted by molar-refractivity contribution is 5.81. The lowest BCUT2D eigenvalue weighted by atomic mass is 10.0. The Hall–Kier alpha value is -2.09. The van der Waals surface area contributed by atoms with Gasteiger partial charge in [0.25, 0.3) is 0 Å². The molecule has 0 saturated carbocycles. The largest absolute Gasteiger partial charge is 0.346 e. The van der Waals surface area contributed by atoms with Crippen LogP contribution in [0.15, 0.2) is 48.8 Å². The van der Waals surface area contributed by atoms with Crippen molar-refractivity contribution in [2.24, 2.45) is 0 Å². The molecule has 3 rings (SSSR count). The van der Waals surface area contributed by atoms with E-state index in [1.165, 1.54) is 16.7 Å². The lowest BCUT2D eigenvalue weighted by Crippen LogP contribution is -1.84. The molecule has 2 heterocycles. The van der Waals surface area contributed by atoms with Gasteiger partial charge in [-0.3, -0.25) is 0 Å². The quantitative estimate of drug-likeness (QED) is 0.651. The van der Waals surface area contributed by atoms with Crippen molar-refractivity contribution in [2.45, 2.75) is 6.92 Å². The van der Waals surface area contributed by atoms with Crippen LogP contribution in [0.25, 0.3) is 22.2 Å². The number of rotatable bonds is 1. The first-order valence-corrected chi connectivity index (χ1v) is 5.34. The predicted molar refractivity (Wildman–Crippen MR) is 66.3 cm³/mol. The predicted octanol–water partition coefficient (Wildman–Crippen LogP) is 3.54. The maximum absolute atomic E-state index is 4.40. The molecule has 0 bridgehead atoms. The molecule has 1 N–H and O–H groups in total. The van der Waals surface area contributed by atoms with Gasteiger partial charge in [-0.05, 0) is 30.2 Å². The van der Waals surface area contributed by atoms with Crippen molar-refractivity contribution in [2.75, 3.05) is 0 Å². The summed E-state index contributed by atoms with van der Waals surface area (Å²) in [6.07, 6.45) is 3.83. The number of pyridine rings is 1. The number of aromatic amines is 1. The van der Waals surface area contributed by atoms with Crippen LogP contribution in [0.2, 0.25) is 0 Å². The van der Waals surface area contributed by atoms with Crippen LogP contribution in [-0.4, -0.2) is 9.97 Å². The number of aryl methyl sites for hydroxylation is 1. The Labute approximate surface area is 94.0 Å². The third-order valence-corrected chi connectivity index (χ3v) is 2.86. The number of nitrogens with zero attached hydrogens (tertiary/aromatic N) is 1. The average Bonchev–Trinajstić information content (AvgIpc) is 2.76. The fourth-order valence-corrected chi connectivity index (χ4v) is 1.98. The van der Waals surface area contributed by atoms with Crippen molar-refractivity contribution in [3.8, 4) is 11.1 Å². The average molecular weight is 208 g/mol. The Morgan fingerprint density at radius 2 is 2.00 bits per heavy atom. The molecular formula is C14H12N2. The number of aromatic nitrogens is 2. The van der Waals surface area contributed by atoms with E-state index >= 15 is 0 Å². The molecule has 0 spiro atoms. The number of hydrogen-bond acceptors (Lipinski definition) is 1. The van der Waals surface area contributed by atoms with Gasteiger partial charge in [0.15, 0.2) is 0 Å². The molecule has 1 aromatic carbocycles. The Morgan fingerprint density at radius 3 is 2.88 bits per heavy atom. The molecule has 0 radical (unpaired) electrons. The van der Waals surface area contributed by atoms with Crippen LogP contribution in [0.5, 0.6) is 0 Å². The Morgan fingerprint density at radius 1 is 1.12 bits per heavy atom. The third-order valence-electron chi connectivity index (χ3n) is 2.86. The smallest absolute Gasteiger partial charge is 0.137 e. The van der Waals surface area contributed by atoms with Crippen LogP contribution in [0, 0.1) is 6.92 Å². The Kier molecular flexibility index (Phi) is 2.00. The third kappa shape index (κ3) is 1.39. The summed E-state index contributed by atoms with van der Waals surface area (Å²) in [4.78, 5) is 7.50. The number of nitrogens with one attached hydrogen (secondary N) is 1. The Balaban J connectivity index is 2.22. The van der Waals surface area contributed by atoms with Gasteiger partial charge in [0.1, 0.15) is 5.65 Å². The van der Waals surface area contributed by atoms with E-state index in [2.05, 4.69) is 47.2 Å². The number of H-pyrrole nitrogens is 1. The molecule has 0 fully saturated rings. The molecule has 3 aromatic rings. The second-order valence-electron chi connectivity index (χ2n) is 3.95. The van der Waals surface area contributed by atoms with E-state index in [1.807, 2.05) is 18.5 Å². The lowest BCUT2D eigenvalue weighted by Gasteiger charge is -2.04. The standard InChI is InChI=1S/C14H12N2/c1-10-4-2-3-5-13(10)12-8-11-6-7-15-14(11)16-9-12/h2-9H,1H3,(H,15,16). The van der Waals surface area contributed by atoms with Gasteiger partial charge in [0.2, 0.25) is 0 Å². The van der Waals surface area contributed by atoms with Gasteiger partial charge in [0.05, 0.1) is 0 Å². The van der Waals surface area contributed by atoms with E-state index in [4.69, 9.17) is 0 Å². The van der Waals surface area contributed by atoms with E-state index < -0.39 is 0 Å². The summed E-state index contributed by atoms with van der Waals surface area (Å²) >= 11 is 0. The first-order chi connectivity index (χ1) is 7.84. The van der Waals surface area contributed by atoms with E-state index in [1.54, 1.807) is 0 Å². The monoisotopic (exact) mass is 208 g/mol. The summed E-state index contributed by atoms with van der Waals surface area (Å²) in [5.41, 5.74) is 4.64. The molecule has 0 aliphatic heterocycles. The highest BCUT2D eigenvalue weighted by Crippen LogP contribution is 2.24. The van der Waals surface area contributed by atoms with Crippen LogP contribution < -0.4 is 0 Å². The molecule has 0 amide bonds. The molecule has 78 valence electrons. The maximum Gasteiger partial charge on any atom is 0.137 e. The summed E-state index contributed by atoms with van der Waals surface area (Å²) in [6.45, 7) is 2.12. The minimum atomic E-state index is 0.942. The second-order valence-corrected chi connectivity index (χ2v) is 3.95. The SMILES string of the molecule is Cc1ccccc1-c1cnc2[nH]ccc2c1. The fourth-order valence-electron chi connectivity index (χ4n) is 1.98. The summed E-state index contributed by atoms with van der Waals surface area (Å²) in [5, 5.41) is 1.15. The van der Waals surface area contributed by atoms with Crippen molar-refractivity contribution < 1.29 is 0 Å². The van der Waals surface area contributed by atoms with Crippen molar-refractivity contribution in [3.05, 3.63) is 54.4 Å². The first-order valence-electron chi connectivity index (χ1n) is 5.34. The minimum absolute atomic E-state index is 0.942. The highest BCUT2D eigenvalue weighted by Gasteiger charge is 2.03. The van der Waals surface area contributed by atoms with E-state index in [0.29, 0.717) is 0 Å².